The highest BCUT2D eigenvalue weighted by atomic mass is 35.5. The molecule has 0 aromatic heterocycles. The summed E-state index contributed by atoms with van der Waals surface area (Å²) >= 11 is 5.64. The Balaban J connectivity index is 1.72. The Bertz CT molecular complexity index is 647. The minimum Gasteiger partial charge on any atom is -0.492 e. The SMILES string of the molecule is O=C(Cc1ccc(Cl)cc1F)NCCOc1ccc(F)cc1. The highest BCUT2D eigenvalue weighted by molar-refractivity contribution is 6.30. The van der Waals surface area contributed by atoms with E-state index in [9.17, 15) is 13.6 Å². The highest BCUT2D eigenvalue weighted by Gasteiger charge is 2.08. The number of hydrogen-bond donors (Lipinski definition) is 1. The lowest BCUT2D eigenvalue weighted by Gasteiger charge is -2.08. The van der Waals surface area contributed by atoms with Crippen molar-refractivity contribution in [1.82, 2.24) is 5.32 Å². The maximum atomic E-state index is 13.5. The zero-order valence-corrected chi connectivity index (χ0v) is 12.4. The number of carbonyl (C=O) groups is 1. The smallest absolute Gasteiger partial charge is 0.224 e. The second-order valence-corrected chi connectivity index (χ2v) is 5.00. The molecular formula is C16H14ClF2NO2. The van der Waals surface area contributed by atoms with Gasteiger partial charge in [0.2, 0.25) is 5.91 Å². The van der Waals surface area contributed by atoms with E-state index in [1.807, 2.05) is 0 Å². The molecule has 3 nitrogen and oxygen atoms in total. The minimum absolute atomic E-state index is 0.0699. The predicted molar refractivity (Wildman–Crippen MR) is 80.0 cm³/mol. The Morgan fingerprint density at radius 3 is 2.55 bits per heavy atom. The van der Waals surface area contributed by atoms with E-state index in [0.29, 0.717) is 5.75 Å². The van der Waals surface area contributed by atoms with Gasteiger partial charge >= 0.3 is 0 Å². The molecule has 1 amide bonds. The van der Waals surface area contributed by atoms with Gasteiger partial charge in [0.15, 0.2) is 0 Å². The fourth-order valence-corrected chi connectivity index (χ4v) is 1.95. The van der Waals surface area contributed by atoms with Crippen LogP contribution in [0.15, 0.2) is 42.5 Å². The molecule has 0 atom stereocenters. The van der Waals surface area contributed by atoms with E-state index in [-0.39, 0.29) is 41.9 Å². The van der Waals surface area contributed by atoms with Gasteiger partial charge in [-0.25, -0.2) is 8.78 Å². The van der Waals surface area contributed by atoms with Crippen LogP contribution in [0.2, 0.25) is 5.02 Å². The van der Waals surface area contributed by atoms with E-state index >= 15 is 0 Å². The van der Waals surface area contributed by atoms with Crippen molar-refractivity contribution in [2.75, 3.05) is 13.2 Å². The van der Waals surface area contributed by atoms with Crippen LogP contribution in [0.5, 0.6) is 5.75 Å². The Labute approximate surface area is 131 Å². The van der Waals surface area contributed by atoms with Gasteiger partial charge in [-0.1, -0.05) is 17.7 Å². The van der Waals surface area contributed by atoms with Gasteiger partial charge in [-0.15, -0.1) is 0 Å². The molecule has 0 saturated heterocycles. The minimum atomic E-state index is -0.509. The van der Waals surface area contributed by atoms with Crippen LogP contribution in [0.3, 0.4) is 0 Å². The van der Waals surface area contributed by atoms with Crippen molar-refractivity contribution in [3.05, 3.63) is 64.7 Å². The lowest BCUT2D eigenvalue weighted by molar-refractivity contribution is -0.120. The van der Waals surface area contributed by atoms with Gasteiger partial charge in [-0.3, -0.25) is 4.79 Å². The molecule has 0 aliphatic rings. The van der Waals surface area contributed by atoms with E-state index in [0.717, 1.165) is 0 Å². The molecule has 0 spiro atoms. The third-order valence-corrected chi connectivity index (χ3v) is 3.11. The largest absolute Gasteiger partial charge is 0.492 e. The topological polar surface area (TPSA) is 38.3 Å². The fourth-order valence-electron chi connectivity index (χ4n) is 1.79. The van der Waals surface area contributed by atoms with Crippen molar-refractivity contribution in [1.29, 1.82) is 0 Å². The van der Waals surface area contributed by atoms with Crippen LogP contribution >= 0.6 is 11.6 Å². The third kappa shape index (κ3) is 5.00. The molecule has 0 fully saturated rings. The first-order valence-corrected chi connectivity index (χ1v) is 7.01. The van der Waals surface area contributed by atoms with Crippen LogP contribution in [0.1, 0.15) is 5.56 Å². The number of carbonyl (C=O) groups excluding carboxylic acids is 1. The summed E-state index contributed by atoms with van der Waals surface area (Å²) in [6, 6.07) is 9.76. The molecule has 22 heavy (non-hydrogen) atoms. The molecule has 0 bridgehead atoms. The Kier molecular flexibility index (Phi) is 5.72. The maximum Gasteiger partial charge on any atom is 0.224 e. The summed E-state index contributed by atoms with van der Waals surface area (Å²) in [7, 11) is 0. The van der Waals surface area contributed by atoms with Gasteiger partial charge in [0, 0.05) is 5.02 Å². The standard InChI is InChI=1S/C16H14ClF2NO2/c17-12-2-1-11(15(19)10-12)9-16(21)20-7-8-22-14-5-3-13(18)4-6-14/h1-6,10H,7-9H2,(H,20,21). The van der Waals surface area contributed by atoms with E-state index < -0.39 is 5.82 Å². The van der Waals surface area contributed by atoms with Crippen molar-refractivity contribution in [2.24, 2.45) is 0 Å². The average Bonchev–Trinajstić information content (AvgIpc) is 2.48. The lowest BCUT2D eigenvalue weighted by Crippen LogP contribution is -2.29. The van der Waals surface area contributed by atoms with Crippen LogP contribution < -0.4 is 10.1 Å². The second kappa shape index (κ2) is 7.75. The number of benzene rings is 2. The normalized spacial score (nSPS) is 10.3. The number of rotatable bonds is 6. The first-order chi connectivity index (χ1) is 10.5. The number of halogens is 3. The zero-order valence-electron chi connectivity index (χ0n) is 11.6. The Morgan fingerprint density at radius 2 is 1.86 bits per heavy atom. The van der Waals surface area contributed by atoms with Gasteiger partial charge in [-0.05, 0) is 42.0 Å². The van der Waals surface area contributed by atoms with Crippen LogP contribution in [0, 0.1) is 11.6 Å². The lowest BCUT2D eigenvalue weighted by atomic mass is 10.1. The molecule has 0 unspecified atom stereocenters. The molecule has 0 aliphatic carbocycles. The summed E-state index contributed by atoms with van der Waals surface area (Å²) in [5.74, 6) is -0.654. The van der Waals surface area contributed by atoms with Gasteiger partial charge in [0.25, 0.3) is 0 Å². The first kappa shape index (κ1) is 16.2. The summed E-state index contributed by atoms with van der Waals surface area (Å²) in [4.78, 5) is 11.7. The number of hydrogen-bond acceptors (Lipinski definition) is 2. The molecule has 0 heterocycles. The molecule has 2 rings (SSSR count). The van der Waals surface area contributed by atoms with E-state index in [1.165, 1.54) is 42.5 Å². The quantitative estimate of drug-likeness (QED) is 0.827. The molecule has 0 aliphatic heterocycles. The van der Waals surface area contributed by atoms with E-state index in [2.05, 4.69) is 5.32 Å². The number of nitrogens with one attached hydrogen (secondary N) is 1. The third-order valence-electron chi connectivity index (χ3n) is 2.87. The molecule has 1 N–H and O–H groups in total. The zero-order chi connectivity index (χ0) is 15.9. The number of amides is 1. The van der Waals surface area contributed by atoms with Gasteiger partial charge < -0.3 is 10.1 Å². The van der Waals surface area contributed by atoms with Crippen molar-refractivity contribution < 1.29 is 18.3 Å². The van der Waals surface area contributed by atoms with Crippen LogP contribution in [-0.2, 0) is 11.2 Å². The second-order valence-electron chi connectivity index (χ2n) is 4.56. The van der Waals surface area contributed by atoms with Crippen molar-refractivity contribution in [3.8, 4) is 5.75 Å². The van der Waals surface area contributed by atoms with Crippen molar-refractivity contribution in [2.45, 2.75) is 6.42 Å². The molecule has 0 radical (unpaired) electrons. The van der Waals surface area contributed by atoms with Crippen LogP contribution in [0.25, 0.3) is 0 Å². The highest BCUT2D eigenvalue weighted by Crippen LogP contribution is 2.15. The van der Waals surface area contributed by atoms with Gasteiger partial charge in [0.05, 0.1) is 13.0 Å². The molecule has 6 heteroatoms. The molecule has 2 aromatic rings. The molecular weight excluding hydrogens is 312 g/mol. The molecule has 116 valence electrons. The Morgan fingerprint density at radius 1 is 1.14 bits per heavy atom. The summed E-state index contributed by atoms with van der Waals surface area (Å²) in [5, 5.41) is 2.90. The van der Waals surface area contributed by atoms with E-state index in [4.69, 9.17) is 16.3 Å². The summed E-state index contributed by atoms with van der Waals surface area (Å²) < 4.78 is 31.6. The average molecular weight is 326 g/mol. The van der Waals surface area contributed by atoms with Gasteiger partial charge in [-0.2, -0.15) is 0 Å². The molecule has 0 saturated carbocycles. The monoisotopic (exact) mass is 325 g/mol. The van der Waals surface area contributed by atoms with Crippen LogP contribution in [0.4, 0.5) is 8.78 Å². The summed E-state index contributed by atoms with van der Waals surface area (Å²) in [5.41, 5.74) is 0.279. The first-order valence-electron chi connectivity index (χ1n) is 6.63. The Hall–Kier alpha value is -2.14. The summed E-state index contributed by atoms with van der Waals surface area (Å²) in [6.45, 7) is 0.506. The van der Waals surface area contributed by atoms with Crippen molar-refractivity contribution >= 4 is 17.5 Å². The van der Waals surface area contributed by atoms with Crippen LogP contribution in [-0.4, -0.2) is 19.1 Å². The molecule has 2 aromatic carbocycles. The maximum absolute atomic E-state index is 13.5. The number of ether oxygens (including phenoxy) is 1. The van der Waals surface area contributed by atoms with Crippen molar-refractivity contribution in [3.63, 3.8) is 0 Å². The fraction of sp³-hybridized carbons (Fsp3) is 0.188. The predicted octanol–water partition coefficient (Wildman–Crippen LogP) is 3.36. The van der Waals surface area contributed by atoms with E-state index in [1.54, 1.807) is 0 Å². The summed E-state index contributed by atoms with van der Waals surface area (Å²) in [6.07, 6.45) is -0.0699. The van der Waals surface area contributed by atoms with Gasteiger partial charge in [0.1, 0.15) is 24.0 Å².